The van der Waals surface area contributed by atoms with Gasteiger partial charge in [-0.25, -0.2) is 0 Å². The van der Waals surface area contributed by atoms with Gasteiger partial charge in [-0.1, -0.05) is 32.7 Å². The van der Waals surface area contributed by atoms with Gasteiger partial charge in [0.05, 0.1) is 0 Å². The molecule has 0 aliphatic rings. The molecule has 0 amide bonds. The van der Waals surface area contributed by atoms with Gasteiger partial charge in [-0.3, -0.25) is 0 Å². The summed E-state index contributed by atoms with van der Waals surface area (Å²) in [5.41, 5.74) is 3.07. The normalized spacial score (nSPS) is 10.8. The molecule has 0 nitrogen and oxygen atoms in total. The van der Waals surface area contributed by atoms with Gasteiger partial charge in [-0.15, -0.1) is 7.53 Å². The molecule has 88 valence electrons. The Kier molecular flexibility index (Phi) is 5.03. The van der Waals surface area contributed by atoms with Gasteiger partial charge >= 0.3 is 0 Å². The van der Waals surface area contributed by atoms with Crippen molar-refractivity contribution in [1.82, 2.24) is 0 Å². The lowest BCUT2D eigenvalue weighted by Crippen LogP contribution is -1.80. The Hall–Kier alpha value is -0.310. The molecular weight excluding hydrogens is 230 g/mol. The van der Waals surface area contributed by atoms with Crippen molar-refractivity contribution in [1.29, 1.82) is 0 Å². The molecule has 0 saturated heterocycles. The van der Waals surface area contributed by atoms with Crippen LogP contribution < -0.4 is 0 Å². The van der Waals surface area contributed by atoms with E-state index in [4.69, 9.17) is 0 Å². The predicted molar refractivity (Wildman–Crippen MR) is 80.3 cm³/mol. The predicted octanol–water partition coefficient (Wildman–Crippen LogP) is 5.68. The second-order valence-electron chi connectivity index (χ2n) is 4.18. The van der Waals surface area contributed by atoms with Gasteiger partial charge < -0.3 is 0 Å². The minimum absolute atomic E-state index is 0.0103. The van der Waals surface area contributed by atoms with Crippen molar-refractivity contribution in [2.75, 3.05) is 6.16 Å². The monoisotopic (exact) mass is 252 g/mol. The summed E-state index contributed by atoms with van der Waals surface area (Å²) in [4.78, 5) is 0. The molecule has 0 radical (unpaired) electrons. The van der Waals surface area contributed by atoms with Crippen molar-refractivity contribution in [3.05, 3.63) is 46.5 Å². The highest BCUT2D eigenvalue weighted by Gasteiger charge is 2.12. The first-order valence-electron chi connectivity index (χ1n) is 5.66. The van der Waals surface area contributed by atoms with Crippen molar-refractivity contribution >= 4 is 15.5 Å². The third-order valence-corrected chi connectivity index (χ3v) is 8.50. The van der Waals surface area contributed by atoms with E-state index < -0.39 is 0 Å². The average molecular weight is 252 g/mol. The minimum atomic E-state index is -0.140. The molecule has 0 fully saturated rings. The summed E-state index contributed by atoms with van der Waals surface area (Å²) in [6.07, 6.45) is 2.56. The molecule has 0 aliphatic carbocycles. The first kappa shape index (κ1) is 13.8. The van der Waals surface area contributed by atoms with Gasteiger partial charge in [0.2, 0.25) is 0 Å². The Morgan fingerprint density at radius 2 is 1.44 bits per heavy atom. The first-order chi connectivity index (χ1) is 7.52. The van der Waals surface area contributed by atoms with Crippen molar-refractivity contribution in [3.8, 4) is 0 Å². The molecule has 0 aromatic carbocycles. The Bertz CT molecular complexity index is 366. The van der Waals surface area contributed by atoms with E-state index in [-0.39, 0.29) is 15.5 Å². The highest BCUT2D eigenvalue weighted by molar-refractivity contribution is 7.64. The van der Waals surface area contributed by atoms with E-state index in [1.54, 1.807) is 10.6 Å². The zero-order chi connectivity index (χ0) is 12.3. The fourth-order valence-corrected chi connectivity index (χ4v) is 6.56. The van der Waals surface area contributed by atoms with Crippen molar-refractivity contribution in [2.45, 2.75) is 33.9 Å². The van der Waals surface area contributed by atoms with E-state index in [1.807, 2.05) is 0 Å². The fraction of sp³-hybridized carbons (Fsp3) is 0.429. The van der Waals surface area contributed by atoms with Gasteiger partial charge in [0.15, 0.2) is 0 Å². The van der Waals surface area contributed by atoms with Crippen LogP contribution in [0.15, 0.2) is 24.8 Å². The summed E-state index contributed by atoms with van der Waals surface area (Å²) >= 11 is 0. The SMILES string of the molecule is C=CP(C=C)CCp1c(C)c(C)c(C)c1C. The Balaban J connectivity index is 2.86. The molecule has 0 N–H and O–H groups in total. The van der Waals surface area contributed by atoms with Crippen LogP contribution in [0, 0.1) is 27.7 Å². The van der Waals surface area contributed by atoms with Crippen LogP contribution in [0.3, 0.4) is 0 Å². The maximum atomic E-state index is 3.89. The molecule has 0 saturated carbocycles. The smallest absolute Gasteiger partial charge is 0.00909 e. The number of hydrogen-bond donors (Lipinski definition) is 0. The summed E-state index contributed by atoms with van der Waals surface area (Å²) in [5.74, 6) is 4.15. The molecule has 0 aliphatic heterocycles. The standard InChI is InChI=1S/C14H22P2/c1-7-15(8-2)9-10-16-13(5)11(3)12(4)14(16)6/h7-8H,1-2,9-10H2,3-6H3. The van der Waals surface area contributed by atoms with Gasteiger partial charge in [-0.2, -0.15) is 0 Å². The zero-order valence-electron chi connectivity index (χ0n) is 10.9. The molecule has 0 bridgehead atoms. The molecular formula is C14H22P2. The summed E-state index contributed by atoms with van der Waals surface area (Å²) < 4.78 is 0. The van der Waals surface area contributed by atoms with Crippen LogP contribution in [-0.2, 0) is 6.16 Å². The zero-order valence-corrected chi connectivity index (χ0v) is 12.7. The van der Waals surface area contributed by atoms with Gasteiger partial charge in [0.25, 0.3) is 0 Å². The van der Waals surface area contributed by atoms with E-state index in [2.05, 4.69) is 52.5 Å². The largest absolute Gasteiger partial charge is 0.118 e. The summed E-state index contributed by atoms with van der Waals surface area (Å²) in [6.45, 7) is 16.9. The van der Waals surface area contributed by atoms with Crippen LogP contribution >= 0.6 is 15.5 Å². The molecule has 1 aromatic rings. The van der Waals surface area contributed by atoms with Gasteiger partial charge in [0, 0.05) is 0 Å². The van der Waals surface area contributed by atoms with Crippen molar-refractivity contribution in [3.63, 3.8) is 0 Å². The summed E-state index contributed by atoms with van der Waals surface area (Å²) in [7, 11) is -0.151. The van der Waals surface area contributed by atoms with Crippen LogP contribution in [0.25, 0.3) is 0 Å². The van der Waals surface area contributed by atoms with E-state index in [1.165, 1.54) is 23.5 Å². The maximum absolute atomic E-state index is 3.89. The lowest BCUT2D eigenvalue weighted by molar-refractivity contribution is 1.32. The van der Waals surface area contributed by atoms with Crippen molar-refractivity contribution < 1.29 is 0 Å². The Morgan fingerprint density at radius 1 is 1.00 bits per heavy atom. The second-order valence-corrected chi connectivity index (χ2v) is 9.03. The van der Waals surface area contributed by atoms with Crippen molar-refractivity contribution in [2.24, 2.45) is 0 Å². The topological polar surface area (TPSA) is 0 Å². The molecule has 0 spiro atoms. The first-order valence-corrected chi connectivity index (χ1v) is 8.85. The number of rotatable bonds is 5. The van der Waals surface area contributed by atoms with E-state index in [0.29, 0.717) is 0 Å². The average Bonchev–Trinajstić information content (AvgIpc) is 2.47. The molecule has 2 heteroatoms. The third kappa shape index (κ3) is 2.68. The molecule has 1 rings (SSSR count). The lowest BCUT2D eigenvalue weighted by atomic mass is 10.2. The Morgan fingerprint density at radius 3 is 1.81 bits per heavy atom. The highest BCUT2D eigenvalue weighted by atomic mass is 31.1. The molecule has 0 unspecified atom stereocenters. The van der Waals surface area contributed by atoms with E-state index >= 15 is 0 Å². The van der Waals surface area contributed by atoms with Crippen LogP contribution in [-0.4, -0.2) is 6.16 Å². The van der Waals surface area contributed by atoms with Crippen LogP contribution in [0.1, 0.15) is 21.7 Å². The quantitative estimate of drug-likeness (QED) is 0.592. The lowest BCUT2D eigenvalue weighted by Gasteiger charge is -2.09. The van der Waals surface area contributed by atoms with Crippen LogP contribution in [0.2, 0.25) is 0 Å². The highest BCUT2D eigenvalue weighted by Crippen LogP contribution is 2.48. The molecule has 0 atom stereocenters. The molecule has 1 aromatic heterocycles. The fourth-order valence-electron chi connectivity index (χ4n) is 2.01. The van der Waals surface area contributed by atoms with Gasteiger partial charge in [-0.05, 0) is 61.7 Å². The maximum Gasteiger partial charge on any atom is -0.00909 e. The second kappa shape index (κ2) is 5.85. The summed E-state index contributed by atoms with van der Waals surface area (Å²) in [5, 5.41) is 3.26. The van der Waals surface area contributed by atoms with Crippen LogP contribution in [0.4, 0.5) is 0 Å². The Labute approximate surface area is 102 Å². The number of hydrogen-bond acceptors (Lipinski definition) is 0. The third-order valence-electron chi connectivity index (χ3n) is 3.51. The van der Waals surface area contributed by atoms with E-state index in [0.717, 1.165) is 0 Å². The van der Waals surface area contributed by atoms with Crippen LogP contribution in [0.5, 0.6) is 0 Å². The summed E-state index contributed by atoms with van der Waals surface area (Å²) in [6, 6.07) is 0. The van der Waals surface area contributed by atoms with E-state index in [9.17, 15) is 0 Å². The van der Waals surface area contributed by atoms with Gasteiger partial charge in [0.1, 0.15) is 0 Å². The molecule has 16 heavy (non-hydrogen) atoms. The minimum Gasteiger partial charge on any atom is -0.118 e. The molecule has 1 heterocycles.